The highest BCUT2D eigenvalue weighted by molar-refractivity contribution is 5.97. The van der Waals surface area contributed by atoms with Gasteiger partial charge in [0.15, 0.2) is 6.61 Å². The van der Waals surface area contributed by atoms with Crippen molar-refractivity contribution in [2.45, 2.75) is 20.8 Å². The summed E-state index contributed by atoms with van der Waals surface area (Å²) in [6.07, 6.45) is 2.91. The zero-order chi connectivity index (χ0) is 21.2. The number of nitrogens with one attached hydrogen (secondary N) is 1. The van der Waals surface area contributed by atoms with Crippen LogP contribution >= 0.6 is 0 Å². The van der Waals surface area contributed by atoms with E-state index in [0.717, 1.165) is 11.1 Å². The Morgan fingerprint density at radius 1 is 0.966 bits per heavy atom. The molecule has 0 unspecified atom stereocenters. The number of esters is 1. The van der Waals surface area contributed by atoms with E-state index < -0.39 is 18.5 Å². The predicted octanol–water partition coefficient (Wildman–Crippen LogP) is 3.67. The van der Waals surface area contributed by atoms with E-state index in [-0.39, 0.29) is 5.91 Å². The van der Waals surface area contributed by atoms with Crippen LogP contribution < -0.4 is 5.32 Å². The number of aryl methyl sites for hydroxylation is 1. The molecule has 2 amide bonds. The van der Waals surface area contributed by atoms with Gasteiger partial charge in [-0.15, -0.1) is 0 Å². The maximum atomic E-state index is 12.3. The normalized spacial score (nSPS) is 10.6. The Morgan fingerprint density at radius 2 is 1.59 bits per heavy atom. The molecule has 0 heterocycles. The van der Waals surface area contributed by atoms with Crippen LogP contribution in [0, 0.1) is 6.92 Å². The lowest BCUT2D eigenvalue weighted by molar-refractivity contribution is -0.142. The molecule has 6 nitrogen and oxygen atoms in total. The molecule has 0 aromatic heterocycles. The third-order valence-corrected chi connectivity index (χ3v) is 4.30. The maximum Gasteiger partial charge on any atom is 0.331 e. The maximum absolute atomic E-state index is 12.3. The average molecular weight is 394 g/mol. The molecule has 0 bridgehead atoms. The summed E-state index contributed by atoms with van der Waals surface area (Å²) in [5.41, 5.74) is 3.08. The van der Waals surface area contributed by atoms with E-state index >= 15 is 0 Å². The summed E-state index contributed by atoms with van der Waals surface area (Å²) in [7, 11) is 0. The zero-order valence-corrected chi connectivity index (χ0v) is 17.0. The van der Waals surface area contributed by atoms with Crippen molar-refractivity contribution in [2.24, 2.45) is 0 Å². The molecule has 0 saturated carbocycles. The van der Waals surface area contributed by atoms with Gasteiger partial charge in [-0.05, 0) is 56.7 Å². The van der Waals surface area contributed by atoms with Gasteiger partial charge in [0.25, 0.3) is 11.8 Å². The van der Waals surface area contributed by atoms with Crippen LogP contribution in [0.1, 0.15) is 35.3 Å². The number of carbonyl (C=O) groups is 3. The second-order valence-corrected chi connectivity index (χ2v) is 6.45. The van der Waals surface area contributed by atoms with Crippen LogP contribution in [0.3, 0.4) is 0 Å². The number of anilines is 1. The van der Waals surface area contributed by atoms with Crippen LogP contribution in [-0.2, 0) is 14.3 Å². The average Bonchev–Trinajstić information content (AvgIpc) is 2.73. The number of nitrogens with zero attached hydrogens (tertiary/aromatic N) is 1. The van der Waals surface area contributed by atoms with Crippen molar-refractivity contribution < 1.29 is 19.1 Å². The largest absolute Gasteiger partial charge is 0.452 e. The molecule has 2 aromatic carbocycles. The SMILES string of the molecule is CCN(CC)C(=O)c1ccc(NC(=O)COC(=O)/C=C/c2ccc(C)cc2)cc1. The first kappa shape index (κ1) is 21.9. The minimum Gasteiger partial charge on any atom is -0.452 e. The molecule has 6 heteroatoms. The summed E-state index contributed by atoms with van der Waals surface area (Å²) in [5, 5.41) is 2.64. The monoisotopic (exact) mass is 394 g/mol. The first-order valence-electron chi connectivity index (χ1n) is 9.53. The van der Waals surface area contributed by atoms with Gasteiger partial charge in [-0.3, -0.25) is 9.59 Å². The van der Waals surface area contributed by atoms with Gasteiger partial charge in [0.1, 0.15) is 0 Å². The molecule has 2 rings (SSSR count). The van der Waals surface area contributed by atoms with Gasteiger partial charge in [0.2, 0.25) is 0 Å². The minimum atomic E-state index is -0.596. The van der Waals surface area contributed by atoms with Gasteiger partial charge in [-0.25, -0.2) is 4.79 Å². The fourth-order valence-electron chi connectivity index (χ4n) is 2.61. The van der Waals surface area contributed by atoms with Crippen LogP contribution in [-0.4, -0.2) is 42.4 Å². The Morgan fingerprint density at radius 3 is 2.17 bits per heavy atom. The van der Waals surface area contributed by atoms with E-state index in [1.807, 2.05) is 45.0 Å². The molecule has 152 valence electrons. The molecule has 2 aromatic rings. The molecule has 0 aliphatic carbocycles. The first-order valence-corrected chi connectivity index (χ1v) is 9.53. The van der Waals surface area contributed by atoms with Crippen LogP contribution in [0.25, 0.3) is 6.08 Å². The minimum absolute atomic E-state index is 0.0535. The van der Waals surface area contributed by atoms with E-state index in [2.05, 4.69) is 5.32 Å². The lowest BCUT2D eigenvalue weighted by Crippen LogP contribution is -2.30. The van der Waals surface area contributed by atoms with Gasteiger partial charge < -0.3 is 15.0 Å². The van der Waals surface area contributed by atoms with Crippen LogP contribution in [0.15, 0.2) is 54.6 Å². The molecule has 0 atom stereocenters. The highest BCUT2D eigenvalue weighted by atomic mass is 16.5. The van der Waals surface area contributed by atoms with Gasteiger partial charge in [0, 0.05) is 30.4 Å². The molecule has 0 radical (unpaired) electrons. The van der Waals surface area contributed by atoms with Gasteiger partial charge in [-0.2, -0.15) is 0 Å². The highest BCUT2D eigenvalue weighted by Gasteiger charge is 2.12. The Kier molecular flexibility index (Phi) is 8.15. The number of amides is 2. The molecule has 0 aliphatic rings. The smallest absolute Gasteiger partial charge is 0.331 e. The van der Waals surface area contributed by atoms with Crippen LogP contribution in [0.5, 0.6) is 0 Å². The molecule has 0 saturated heterocycles. The Hall–Kier alpha value is -3.41. The summed E-state index contributed by atoms with van der Waals surface area (Å²) in [4.78, 5) is 37.7. The van der Waals surface area contributed by atoms with Gasteiger partial charge in [0.05, 0.1) is 0 Å². The van der Waals surface area contributed by atoms with Crippen molar-refractivity contribution in [1.82, 2.24) is 4.90 Å². The molecular formula is C23H26N2O4. The molecular weight excluding hydrogens is 368 g/mol. The van der Waals surface area contributed by atoms with Crippen LogP contribution in [0.4, 0.5) is 5.69 Å². The third kappa shape index (κ3) is 6.92. The van der Waals surface area contributed by atoms with E-state index in [0.29, 0.717) is 24.3 Å². The molecule has 0 spiro atoms. The highest BCUT2D eigenvalue weighted by Crippen LogP contribution is 2.12. The van der Waals surface area contributed by atoms with E-state index in [1.165, 1.54) is 6.08 Å². The summed E-state index contributed by atoms with van der Waals surface area (Å²) in [6.45, 7) is 6.71. The summed E-state index contributed by atoms with van der Waals surface area (Å²) < 4.78 is 4.95. The zero-order valence-electron chi connectivity index (χ0n) is 17.0. The van der Waals surface area contributed by atoms with Gasteiger partial charge in [-0.1, -0.05) is 29.8 Å². The van der Waals surface area contributed by atoms with Crippen molar-refractivity contribution in [1.29, 1.82) is 0 Å². The van der Waals surface area contributed by atoms with E-state index in [1.54, 1.807) is 35.2 Å². The van der Waals surface area contributed by atoms with Crippen molar-refractivity contribution >= 4 is 29.5 Å². The standard InChI is InChI=1S/C23H26N2O4/c1-4-25(5-2)23(28)19-11-13-20(14-12-19)24-21(26)16-29-22(27)15-10-18-8-6-17(3)7-9-18/h6-15H,4-5,16H2,1-3H3,(H,24,26)/b15-10+. The van der Waals surface area contributed by atoms with Crippen molar-refractivity contribution in [2.75, 3.05) is 25.0 Å². The number of hydrogen-bond donors (Lipinski definition) is 1. The Bertz CT molecular complexity index is 867. The fraction of sp³-hybridized carbons (Fsp3) is 0.261. The van der Waals surface area contributed by atoms with Crippen molar-refractivity contribution in [3.63, 3.8) is 0 Å². The third-order valence-electron chi connectivity index (χ3n) is 4.30. The molecule has 1 N–H and O–H groups in total. The fourth-order valence-corrected chi connectivity index (χ4v) is 2.61. The quantitative estimate of drug-likeness (QED) is 0.547. The van der Waals surface area contributed by atoms with E-state index in [4.69, 9.17) is 4.74 Å². The number of carbonyl (C=O) groups excluding carboxylic acids is 3. The van der Waals surface area contributed by atoms with Crippen LogP contribution in [0.2, 0.25) is 0 Å². The Labute approximate surface area is 171 Å². The Balaban J connectivity index is 1.82. The number of ether oxygens (including phenoxy) is 1. The molecule has 0 aliphatic heterocycles. The number of benzene rings is 2. The lowest BCUT2D eigenvalue weighted by Gasteiger charge is -2.18. The topological polar surface area (TPSA) is 75.7 Å². The number of rotatable bonds is 8. The molecule has 0 fully saturated rings. The van der Waals surface area contributed by atoms with Gasteiger partial charge >= 0.3 is 5.97 Å². The summed E-state index contributed by atoms with van der Waals surface area (Å²) in [6, 6.07) is 14.3. The lowest BCUT2D eigenvalue weighted by atomic mass is 10.1. The predicted molar refractivity (Wildman–Crippen MR) is 113 cm³/mol. The van der Waals surface area contributed by atoms with E-state index in [9.17, 15) is 14.4 Å². The first-order chi connectivity index (χ1) is 13.9. The second kappa shape index (κ2) is 10.8. The second-order valence-electron chi connectivity index (χ2n) is 6.45. The number of hydrogen-bond acceptors (Lipinski definition) is 4. The molecule has 29 heavy (non-hydrogen) atoms. The summed E-state index contributed by atoms with van der Waals surface area (Å²) in [5.74, 6) is -1.10. The van der Waals surface area contributed by atoms with Crippen molar-refractivity contribution in [3.8, 4) is 0 Å². The van der Waals surface area contributed by atoms with Crippen molar-refractivity contribution in [3.05, 3.63) is 71.3 Å². The summed E-state index contributed by atoms with van der Waals surface area (Å²) >= 11 is 0.